The first-order valence-corrected chi connectivity index (χ1v) is 6.79. The maximum absolute atomic E-state index is 5.93. The number of ether oxygens (including phenoxy) is 1. The van der Waals surface area contributed by atoms with E-state index in [9.17, 15) is 0 Å². The van der Waals surface area contributed by atoms with E-state index in [0.29, 0.717) is 11.6 Å². The van der Waals surface area contributed by atoms with Crippen LogP contribution in [0.15, 0.2) is 48.5 Å². The number of hydrogen-bond acceptors (Lipinski definition) is 2. The van der Waals surface area contributed by atoms with Gasteiger partial charge >= 0.3 is 0 Å². The molecule has 0 saturated heterocycles. The van der Waals surface area contributed by atoms with Crippen LogP contribution in [0.1, 0.15) is 17.5 Å². The van der Waals surface area contributed by atoms with E-state index in [1.807, 2.05) is 18.2 Å². The van der Waals surface area contributed by atoms with E-state index in [1.54, 1.807) is 6.07 Å². The van der Waals surface area contributed by atoms with Gasteiger partial charge in [0.2, 0.25) is 0 Å². The number of benzene rings is 2. The molecule has 0 aliphatic carbocycles. The van der Waals surface area contributed by atoms with Crippen LogP contribution in [0.3, 0.4) is 0 Å². The topological polar surface area (TPSA) is 35.2 Å². The van der Waals surface area contributed by atoms with Crippen molar-refractivity contribution in [3.05, 3.63) is 64.7 Å². The Morgan fingerprint density at radius 2 is 1.84 bits per heavy atom. The molecule has 0 unspecified atom stereocenters. The highest BCUT2D eigenvalue weighted by molar-refractivity contribution is 6.30. The molecule has 2 aromatic carbocycles. The number of rotatable bonds is 6. The summed E-state index contributed by atoms with van der Waals surface area (Å²) in [5, 5.41) is 0.692. The van der Waals surface area contributed by atoms with E-state index < -0.39 is 0 Å². The van der Waals surface area contributed by atoms with Crippen LogP contribution in [-0.2, 0) is 17.8 Å². The zero-order chi connectivity index (χ0) is 13.5. The molecule has 0 heterocycles. The second-order valence-electron chi connectivity index (χ2n) is 4.48. The molecule has 0 atom stereocenters. The fraction of sp³-hybridized carbons (Fsp3) is 0.250. The Morgan fingerprint density at radius 1 is 1.05 bits per heavy atom. The molecule has 100 valence electrons. The van der Waals surface area contributed by atoms with Crippen LogP contribution in [0.2, 0.25) is 5.02 Å². The van der Waals surface area contributed by atoms with E-state index >= 15 is 0 Å². The molecule has 2 aromatic rings. The van der Waals surface area contributed by atoms with Gasteiger partial charge in [-0.3, -0.25) is 0 Å². The number of hydrogen-bond donors (Lipinski definition) is 1. The first-order chi connectivity index (χ1) is 9.25. The van der Waals surface area contributed by atoms with Gasteiger partial charge in [-0.25, -0.2) is 0 Å². The lowest BCUT2D eigenvalue weighted by Gasteiger charge is -2.07. The summed E-state index contributed by atoms with van der Waals surface area (Å²) in [6.07, 6.45) is 2.04. The van der Waals surface area contributed by atoms with Crippen LogP contribution >= 0.6 is 11.6 Å². The van der Waals surface area contributed by atoms with Crippen LogP contribution in [0, 0.1) is 0 Å². The molecular formula is C16H18ClNO. The first kappa shape index (κ1) is 13.9. The average molecular weight is 276 g/mol. The van der Waals surface area contributed by atoms with Crippen molar-refractivity contribution < 1.29 is 4.74 Å². The van der Waals surface area contributed by atoms with E-state index in [4.69, 9.17) is 22.1 Å². The Labute approximate surface area is 119 Å². The molecule has 19 heavy (non-hydrogen) atoms. The van der Waals surface area contributed by atoms with Gasteiger partial charge in [0.15, 0.2) is 0 Å². The van der Waals surface area contributed by atoms with Gasteiger partial charge in [0.25, 0.3) is 0 Å². The quantitative estimate of drug-likeness (QED) is 0.637. The maximum Gasteiger partial charge on any atom is 0.0737 e. The summed E-state index contributed by atoms with van der Waals surface area (Å²) in [5.74, 6) is 0. The summed E-state index contributed by atoms with van der Waals surface area (Å²) < 4.78 is 5.64. The molecule has 0 aromatic heterocycles. The molecule has 0 aliphatic rings. The summed E-state index contributed by atoms with van der Waals surface area (Å²) in [7, 11) is 0. The first-order valence-electron chi connectivity index (χ1n) is 6.41. The van der Waals surface area contributed by atoms with Crippen LogP contribution in [0.5, 0.6) is 0 Å². The predicted molar refractivity (Wildman–Crippen MR) is 80.3 cm³/mol. The van der Waals surface area contributed by atoms with Crippen LogP contribution < -0.4 is 5.73 Å². The van der Waals surface area contributed by atoms with Crippen LogP contribution in [-0.4, -0.2) is 6.61 Å². The summed E-state index contributed by atoms with van der Waals surface area (Å²) in [5.41, 5.74) is 8.88. The van der Waals surface area contributed by atoms with Gasteiger partial charge in [0.05, 0.1) is 6.61 Å². The van der Waals surface area contributed by atoms with Gasteiger partial charge in [-0.15, -0.1) is 0 Å². The second-order valence-corrected chi connectivity index (χ2v) is 4.92. The van der Waals surface area contributed by atoms with Crippen molar-refractivity contribution in [2.24, 2.45) is 0 Å². The van der Waals surface area contributed by atoms with Crippen molar-refractivity contribution in [1.82, 2.24) is 0 Å². The fourth-order valence-electron chi connectivity index (χ4n) is 1.90. The highest BCUT2D eigenvalue weighted by Crippen LogP contribution is 2.18. The lowest BCUT2D eigenvalue weighted by Crippen LogP contribution is -2.00. The molecule has 0 radical (unpaired) electrons. The predicted octanol–water partition coefficient (Wildman–Crippen LogP) is 4.07. The minimum Gasteiger partial charge on any atom is -0.398 e. The van der Waals surface area contributed by atoms with Crippen molar-refractivity contribution >= 4 is 17.3 Å². The molecule has 2 nitrogen and oxygen atoms in total. The van der Waals surface area contributed by atoms with Crippen molar-refractivity contribution in [3.8, 4) is 0 Å². The molecule has 0 saturated carbocycles. The third-order valence-corrected chi connectivity index (χ3v) is 3.19. The highest BCUT2D eigenvalue weighted by atomic mass is 35.5. The zero-order valence-corrected chi connectivity index (χ0v) is 11.6. The largest absolute Gasteiger partial charge is 0.398 e. The van der Waals surface area contributed by atoms with E-state index in [2.05, 4.69) is 24.3 Å². The maximum atomic E-state index is 5.93. The molecule has 0 bridgehead atoms. The van der Waals surface area contributed by atoms with E-state index in [0.717, 1.165) is 30.7 Å². The summed E-state index contributed by atoms with van der Waals surface area (Å²) >= 11 is 5.93. The van der Waals surface area contributed by atoms with Crippen molar-refractivity contribution in [1.29, 1.82) is 0 Å². The summed E-state index contributed by atoms with van der Waals surface area (Å²) in [6, 6.07) is 15.9. The third-order valence-electron chi connectivity index (χ3n) is 2.96. The normalized spacial score (nSPS) is 10.6. The van der Waals surface area contributed by atoms with Gasteiger partial charge in [0, 0.05) is 22.9 Å². The molecule has 0 spiro atoms. The summed E-state index contributed by atoms with van der Waals surface area (Å²) in [6.45, 7) is 1.24. The van der Waals surface area contributed by atoms with Crippen molar-refractivity contribution in [3.63, 3.8) is 0 Å². The van der Waals surface area contributed by atoms with Crippen molar-refractivity contribution in [2.45, 2.75) is 19.4 Å². The molecular weight excluding hydrogens is 258 g/mol. The lowest BCUT2D eigenvalue weighted by molar-refractivity contribution is 0.119. The van der Waals surface area contributed by atoms with Gasteiger partial charge < -0.3 is 10.5 Å². The van der Waals surface area contributed by atoms with Gasteiger partial charge in [-0.1, -0.05) is 41.9 Å². The molecule has 3 heteroatoms. The Morgan fingerprint density at radius 3 is 2.63 bits per heavy atom. The molecule has 2 rings (SSSR count). The Hall–Kier alpha value is -1.51. The highest BCUT2D eigenvalue weighted by Gasteiger charge is 2.00. The number of nitrogen functional groups attached to an aromatic ring is 1. The zero-order valence-electron chi connectivity index (χ0n) is 10.8. The Bertz CT molecular complexity index is 513. The standard InChI is InChI=1S/C16H18ClNO/c17-15-8-9-16(18)14(11-15)12-19-10-4-7-13-5-2-1-3-6-13/h1-3,5-6,8-9,11H,4,7,10,12,18H2. The number of halogens is 1. The minimum atomic E-state index is 0.515. The smallest absolute Gasteiger partial charge is 0.0737 e. The number of anilines is 1. The number of aryl methyl sites for hydroxylation is 1. The van der Waals surface area contributed by atoms with Gasteiger partial charge in [0.1, 0.15) is 0 Å². The SMILES string of the molecule is Nc1ccc(Cl)cc1COCCCc1ccccc1. The monoisotopic (exact) mass is 275 g/mol. The lowest BCUT2D eigenvalue weighted by atomic mass is 10.1. The molecule has 0 fully saturated rings. The van der Waals surface area contributed by atoms with E-state index in [-0.39, 0.29) is 0 Å². The van der Waals surface area contributed by atoms with Gasteiger partial charge in [-0.2, -0.15) is 0 Å². The molecule has 0 amide bonds. The Kier molecular flexibility index (Phi) is 5.25. The van der Waals surface area contributed by atoms with Crippen LogP contribution in [0.4, 0.5) is 5.69 Å². The average Bonchev–Trinajstić information content (AvgIpc) is 2.43. The van der Waals surface area contributed by atoms with Gasteiger partial charge in [-0.05, 0) is 36.6 Å². The minimum absolute atomic E-state index is 0.515. The third kappa shape index (κ3) is 4.58. The molecule has 2 N–H and O–H groups in total. The van der Waals surface area contributed by atoms with Crippen LogP contribution in [0.25, 0.3) is 0 Å². The second kappa shape index (κ2) is 7.17. The summed E-state index contributed by atoms with van der Waals surface area (Å²) in [4.78, 5) is 0. The Balaban J connectivity index is 1.71. The van der Waals surface area contributed by atoms with Crippen molar-refractivity contribution in [2.75, 3.05) is 12.3 Å². The fourth-order valence-corrected chi connectivity index (χ4v) is 2.10. The van der Waals surface area contributed by atoms with E-state index in [1.165, 1.54) is 5.56 Å². The molecule has 0 aliphatic heterocycles. The number of nitrogens with two attached hydrogens (primary N) is 1.